The number of carbonyl (C=O) groups excluding carboxylic acids is 1. The highest BCUT2D eigenvalue weighted by Gasteiger charge is 2.50. The molecule has 25 heavy (non-hydrogen) atoms. The highest BCUT2D eigenvalue weighted by atomic mass is 16.7. The fourth-order valence-corrected chi connectivity index (χ4v) is 2.92. The zero-order chi connectivity index (χ0) is 18.9. The molecule has 0 bridgehead atoms. The predicted octanol–water partition coefficient (Wildman–Crippen LogP) is -4.23. The first-order chi connectivity index (χ1) is 11.7. The third-order valence-corrected chi connectivity index (χ3v) is 4.34. The molecule has 2 heterocycles. The summed E-state index contributed by atoms with van der Waals surface area (Å²) < 4.78 is 15.9. The van der Waals surface area contributed by atoms with E-state index in [9.17, 15) is 35.4 Å². The molecule has 10 atom stereocenters. The Hall–Kier alpha value is -0.890. The van der Waals surface area contributed by atoms with Crippen LogP contribution in [0.5, 0.6) is 0 Å². The van der Waals surface area contributed by atoms with Crippen molar-refractivity contribution < 1.29 is 49.6 Å². The van der Waals surface area contributed by atoms with Gasteiger partial charge in [0.2, 0.25) is 5.91 Å². The van der Waals surface area contributed by atoms with Gasteiger partial charge >= 0.3 is 0 Å². The van der Waals surface area contributed by atoms with Crippen LogP contribution >= 0.6 is 0 Å². The summed E-state index contributed by atoms with van der Waals surface area (Å²) in [6.45, 7) is 2.01. The Morgan fingerprint density at radius 1 is 1.04 bits per heavy atom. The molecule has 0 spiro atoms. The maximum absolute atomic E-state index is 11.2. The van der Waals surface area contributed by atoms with Crippen molar-refractivity contribution in [3.63, 3.8) is 0 Å². The van der Waals surface area contributed by atoms with E-state index >= 15 is 0 Å². The summed E-state index contributed by atoms with van der Waals surface area (Å²) in [6, 6.07) is -1.24. The van der Waals surface area contributed by atoms with Crippen molar-refractivity contribution in [2.75, 3.05) is 6.61 Å². The summed E-state index contributed by atoms with van der Waals surface area (Å²) in [5, 5.41) is 61.5. The number of ether oxygens (including phenoxy) is 3. The molecule has 0 aromatic rings. The number of nitrogens with one attached hydrogen (secondary N) is 1. The van der Waals surface area contributed by atoms with Crippen LogP contribution in [0.15, 0.2) is 0 Å². The van der Waals surface area contributed by atoms with Crippen LogP contribution < -0.4 is 5.32 Å². The van der Waals surface area contributed by atoms with Crippen LogP contribution in [0.25, 0.3) is 0 Å². The minimum atomic E-state index is -1.62. The van der Waals surface area contributed by atoms with E-state index in [1.807, 2.05) is 0 Å². The van der Waals surface area contributed by atoms with Gasteiger partial charge in [0, 0.05) is 6.92 Å². The lowest BCUT2D eigenvalue weighted by Crippen LogP contribution is -2.66. The van der Waals surface area contributed by atoms with Crippen molar-refractivity contribution in [2.45, 2.75) is 75.2 Å². The molecule has 2 saturated heterocycles. The second kappa shape index (κ2) is 8.20. The number of rotatable bonds is 4. The number of hydrogen-bond donors (Lipinski definition) is 7. The Morgan fingerprint density at radius 3 is 2.24 bits per heavy atom. The van der Waals surface area contributed by atoms with Gasteiger partial charge in [-0.25, -0.2) is 0 Å². The molecule has 2 aliphatic heterocycles. The Balaban J connectivity index is 2.15. The number of carbonyl (C=O) groups is 1. The van der Waals surface area contributed by atoms with Crippen LogP contribution in [0, 0.1) is 0 Å². The zero-order valence-corrected chi connectivity index (χ0v) is 13.8. The van der Waals surface area contributed by atoms with Crippen LogP contribution in [0.4, 0.5) is 0 Å². The Morgan fingerprint density at radius 2 is 1.68 bits per heavy atom. The molecule has 2 aliphatic rings. The quantitative estimate of drug-likeness (QED) is 0.257. The molecule has 0 radical (unpaired) electrons. The smallest absolute Gasteiger partial charge is 0.217 e. The topological polar surface area (TPSA) is 178 Å². The van der Waals surface area contributed by atoms with Gasteiger partial charge in [-0.3, -0.25) is 4.79 Å². The van der Waals surface area contributed by atoms with E-state index in [4.69, 9.17) is 14.2 Å². The van der Waals surface area contributed by atoms with Gasteiger partial charge in [0.1, 0.15) is 42.7 Å². The molecule has 0 unspecified atom stereocenters. The highest BCUT2D eigenvalue weighted by Crippen LogP contribution is 2.28. The normalized spacial score (nSPS) is 48.2. The predicted molar refractivity (Wildman–Crippen MR) is 78.8 cm³/mol. The molecule has 11 heteroatoms. The first-order valence-electron chi connectivity index (χ1n) is 7.92. The van der Waals surface area contributed by atoms with Crippen molar-refractivity contribution in [1.29, 1.82) is 0 Å². The lowest BCUT2D eigenvalue weighted by atomic mass is 9.95. The minimum absolute atomic E-state index is 0.533. The summed E-state index contributed by atoms with van der Waals surface area (Å²) >= 11 is 0. The summed E-state index contributed by atoms with van der Waals surface area (Å²) in [6.07, 6.45) is -12.3. The summed E-state index contributed by atoms with van der Waals surface area (Å²) in [5.74, 6) is -0.533. The van der Waals surface area contributed by atoms with Crippen LogP contribution in [0.2, 0.25) is 0 Å². The third-order valence-electron chi connectivity index (χ3n) is 4.34. The van der Waals surface area contributed by atoms with E-state index in [0.29, 0.717) is 0 Å². The number of amides is 1. The van der Waals surface area contributed by atoms with E-state index < -0.39 is 73.9 Å². The molecule has 0 saturated carbocycles. The first-order valence-corrected chi connectivity index (χ1v) is 7.92. The largest absolute Gasteiger partial charge is 0.394 e. The van der Waals surface area contributed by atoms with Crippen molar-refractivity contribution in [2.24, 2.45) is 0 Å². The minimum Gasteiger partial charge on any atom is -0.394 e. The number of hydrogen-bond acceptors (Lipinski definition) is 10. The Bertz CT molecular complexity index is 465. The molecule has 1 amide bonds. The SMILES string of the molecule is CC(=O)N[C@@H]1[C@H](O)[C@H](O[C@@H]2O[C@@H](C)[C@H](O)[C@H](O)[C@@H]2O)[C@H](CO)O[C@@H]1O. The fraction of sp³-hybridized carbons (Fsp3) is 0.929. The number of aliphatic hydroxyl groups excluding tert-OH is 6. The molecule has 0 aromatic carbocycles. The highest BCUT2D eigenvalue weighted by molar-refractivity contribution is 5.73. The molecule has 0 aliphatic carbocycles. The van der Waals surface area contributed by atoms with Gasteiger partial charge in [-0.05, 0) is 6.92 Å². The maximum Gasteiger partial charge on any atom is 0.217 e. The fourth-order valence-electron chi connectivity index (χ4n) is 2.92. The van der Waals surface area contributed by atoms with E-state index in [-0.39, 0.29) is 0 Å². The molecular formula is C14H25NO10. The molecule has 7 N–H and O–H groups in total. The Labute approximate surface area is 143 Å². The van der Waals surface area contributed by atoms with Gasteiger partial charge in [-0.2, -0.15) is 0 Å². The summed E-state index contributed by atoms with van der Waals surface area (Å²) in [4.78, 5) is 11.2. The summed E-state index contributed by atoms with van der Waals surface area (Å²) in [5.41, 5.74) is 0. The van der Waals surface area contributed by atoms with Crippen LogP contribution in [0.1, 0.15) is 13.8 Å². The lowest BCUT2D eigenvalue weighted by Gasteiger charge is -2.46. The molecule has 146 valence electrons. The monoisotopic (exact) mass is 367 g/mol. The van der Waals surface area contributed by atoms with Gasteiger partial charge in [0.25, 0.3) is 0 Å². The van der Waals surface area contributed by atoms with Gasteiger partial charge < -0.3 is 50.2 Å². The average molecular weight is 367 g/mol. The van der Waals surface area contributed by atoms with Gasteiger partial charge in [0.05, 0.1) is 12.7 Å². The first kappa shape index (κ1) is 20.4. The molecule has 2 rings (SSSR count). The van der Waals surface area contributed by atoms with Crippen LogP contribution in [0.3, 0.4) is 0 Å². The molecule has 11 nitrogen and oxygen atoms in total. The van der Waals surface area contributed by atoms with E-state index in [2.05, 4.69) is 5.32 Å². The zero-order valence-electron chi connectivity index (χ0n) is 13.8. The van der Waals surface area contributed by atoms with E-state index in [1.54, 1.807) is 0 Å². The van der Waals surface area contributed by atoms with Crippen molar-refractivity contribution in [3.05, 3.63) is 0 Å². The van der Waals surface area contributed by atoms with Crippen molar-refractivity contribution in [1.82, 2.24) is 5.32 Å². The van der Waals surface area contributed by atoms with Gasteiger partial charge in [-0.15, -0.1) is 0 Å². The van der Waals surface area contributed by atoms with Gasteiger partial charge in [0.15, 0.2) is 12.6 Å². The van der Waals surface area contributed by atoms with Crippen LogP contribution in [-0.2, 0) is 19.0 Å². The lowest BCUT2D eigenvalue weighted by molar-refractivity contribution is -0.341. The average Bonchev–Trinajstić information content (AvgIpc) is 2.56. The third kappa shape index (κ3) is 4.27. The van der Waals surface area contributed by atoms with Crippen molar-refractivity contribution >= 4 is 5.91 Å². The van der Waals surface area contributed by atoms with Crippen molar-refractivity contribution in [3.8, 4) is 0 Å². The van der Waals surface area contributed by atoms with E-state index in [0.717, 1.165) is 0 Å². The molecular weight excluding hydrogens is 342 g/mol. The van der Waals surface area contributed by atoms with Crippen LogP contribution in [-0.4, -0.2) is 105 Å². The number of aliphatic hydroxyl groups is 6. The second-order valence-corrected chi connectivity index (χ2v) is 6.25. The summed E-state index contributed by atoms with van der Waals surface area (Å²) in [7, 11) is 0. The Kier molecular flexibility index (Phi) is 6.70. The molecule has 2 fully saturated rings. The second-order valence-electron chi connectivity index (χ2n) is 6.25. The van der Waals surface area contributed by atoms with E-state index in [1.165, 1.54) is 13.8 Å². The molecule has 0 aromatic heterocycles. The van der Waals surface area contributed by atoms with Gasteiger partial charge in [-0.1, -0.05) is 0 Å². The maximum atomic E-state index is 11.2. The standard InChI is InChI=1S/C14H25NO10/c1-4-8(18)10(20)11(21)14(23-4)25-12-6(3-16)24-13(22)7(9(12)19)15-5(2)17/h4,6-14,16,18-22H,3H2,1-2H3,(H,15,17)/t4-,6-,7+,8-,9-,10-,11-,12+,13-,14-/m0/s1.